The molecule has 0 radical (unpaired) electrons. The lowest BCUT2D eigenvalue weighted by molar-refractivity contribution is -0.115. The zero-order valence-corrected chi connectivity index (χ0v) is 11.2. The smallest absolute Gasteiger partial charge is 0.282 e. The van der Waals surface area contributed by atoms with Crippen LogP contribution in [0.1, 0.15) is 18.4 Å². The second-order valence-corrected chi connectivity index (χ2v) is 5.38. The Hall–Kier alpha value is -1.26. The van der Waals surface area contributed by atoms with Gasteiger partial charge in [0.15, 0.2) is 0 Å². The van der Waals surface area contributed by atoms with Gasteiger partial charge in [0, 0.05) is 5.02 Å². The molecule has 1 aromatic rings. The van der Waals surface area contributed by atoms with Crippen LogP contribution in [-0.4, -0.2) is 11.1 Å². The highest BCUT2D eigenvalue weighted by Gasteiger charge is 2.24. The summed E-state index contributed by atoms with van der Waals surface area (Å²) < 4.78 is 0. The maximum atomic E-state index is 11.3. The molecule has 1 aliphatic heterocycles. The molecule has 2 amide bonds. The van der Waals surface area contributed by atoms with E-state index in [0.29, 0.717) is 4.91 Å². The summed E-state index contributed by atoms with van der Waals surface area (Å²) in [6.07, 6.45) is 4.47. The van der Waals surface area contributed by atoms with Crippen molar-refractivity contribution in [3.05, 3.63) is 45.8 Å². The van der Waals surface area contributed by atoms with Gasteiger partial charge in [0.2, 0.25) is 0 Å². The highest BCUT2D eigenvalue weighted by atomic mass is 35.5. The summed E-state index contributed by atoms with van der Waals surface area (Å²) in [7, 11) is 0. The third-order valence-corrected chi connectivity index (χ3v) is 3.67. The Labute approximate surface area is 115 Å². The summed E-state index contributed by atoms with van der Waals surface area (Å²) in [5.74, 6) is -0.281. The minimum absolute atomic E-state index is 0.281. The van der Waals surface area contributed by atoms with Gasteiger partial charge in [0.1, 0.15) is 0 Å². The van der Waals surface area contributed by atoms with E-state index in [1.54, 1.807) is 0 Å². The van der Waals surface area contributed by atoms with Crippen molar-refractivity contribution in [1.82, 2.24) is 5.32 Å². The maximum Gasteiger partial charge on any atom is 0.290 e. The van der Waals surface area contributed by atoms with Gasteiger partial charge in [-0.25, -0.2) is 0 Å². The first-order chi connectivity index (χ1) is 8.65. The van der Waals surface area contributed by atoms with Gasteiger partial charge in [-0.15, -0.1) is 0 Å². The van der Waals surface area contributed by atoms with Gasteiger partial charge in [-0.05, 0) is 48.7 Å². The normalized spacial score (nSPS) is 17.3. The minimum atomic E-state index is -0.288. The molecule has 0 aromatic heterocycles. The summed E-state index contributed by atoms with van der Waals surface area (Å²) in [4.78, 5) is 22.7. The molecule has 18 heavy (non-hydrogen) atoms. The maximum absolute atomic E-state index is 11.3. The van der Waals surface area contributed by atoms with E-state index in [0.717, 1.165) is 36.0 Å². The molecule has 2 rings (SSSR count). The second-order valence-electron chi connectivity index (χ2n) is 3.93. The molecule has 1 saturated heterocycles. The summed E-state index contributed by atoms with van der Waals surface area (Å²) in [5, 5.41) is 2.68. The lowest BCUT2D eigenvalue weighted by Gasteiger charge is -1.99. The van der Waals surface area contributed by atoms with Crippen molar-refractivity contribution in [3.8, 4) is 0 Å². The number of hydrogen-bond donors (Lipinski definition) is 1. The van der Waals surface area contributed by atoms with Crippen LogP contribution in [0.15, 0.2) is 35.2 Å². The van der Waals surface area contributed by atoms with E-state index in [4.69, 9.17) is 11.6 Å². The predicted octanol–water partition coefficient (Wildman–Crippen LogP) is 3.53. The van der Waals surface area contributed by atoms with Crippen molar-refractivity contribution < 1.29 is 9.59 Å². The predicted molar refractivity (Wildman–Crippen MR) is 73.6 cm³/mol. The molecule has 0 saturated carbocycles. The van der Waals surface area contributed by atoms with Crippen LogP contribution in [0.25, 0.3) is 0 Å². The molecule has 0 spiro atoms. The monoisotopic (exact) mass is 281 g/mol. The number of amides is 2. The molecule has 3 nitrogen and oxygen atoms in total. The molecule has 1 aromatic carbocycles. The van der Waals surface area contributed by atoms with Crippen LogP contribution >= 0.6 is 23.4 Å². The Morgan fingerprint density at radius 3 is 2.56 bits per heavy atom. The van der Waals surface area contributed by atoms with Crippen LogP contribution in [0.3, 0.4) is 0 Å². The van der Waals surface area contributed by atoms with Crippen LogP contribution in [0.4, 0.5) is 4.79 Å². The largest absolute Gasteiger partial charge is 0.290 e. The van der Waals surface area contributed by atoms with Gasteiger partial charge in [-0.1, -0.05) is 29.8 Å². The number of hydrogen-bond acceptors (Lipinski definition) is 3. The van der Waals surface area contributed by atoms with E-state index in [1.165, 1.54) is 5.56 Å². The number of unbranched alkanes of at least 4 members (excludes halogenated alkanes) is 1. The first-order valence-electron chi connectivity index (χ1n) is 5.63. The van der Waals surface area contributed by atoms with Gasteiger partial charge in [-0.2, -0.15) is 0 Å². The Morgan fingerprint density at radius 2 is 1.94 bits per heavy atom. The fraction of sp³-hybridized carbons (Fsp3) is 0.231. The van der Waals surface area contributed by atoms with Crippen LogP contribution in [-0.2, 0) is 11.2 Å². The Balaban J connectivity index is 1.79. The highest BCUT2D eigenvalue weighted by Crippen LogP contribution is 2.23. The van der Waals surface area contributed by atoms with Crippen LogP contribution in [0, 0.1) is 0 Å². The van der Waals surface area contributed by atoms with E-state index < -0.39 is 0 Å². The number of nitrogens with one attached hydrogen (secondary N) is 1. The van der Waals surface area contributed by atoms with Gasteiger partial charge < -0.3 is 0 Å². The SMILES string of the molecule is O=C1NC(=O)C(=CCCCc2ccc(Cl)cc2)S1. The Kier molecular flexibility index (Phi) is 4.44. The minimum Gasteiger partial charge on any atom is -0.282 e. The van der Waals surface area contributed by atoms with E-state index in [-0.39, 0.29) is 11.1 Å². The van der Waals surface area contributed by atoms with E-state index >= 15 is 0 Å². The fourth-order valence-electron chi connectivity index (χ4n) is 1.65. The highest BCUT2D eigenvalue weighted by molar-refractivity contribution is 8.18. The van der Waals surface area contributed by atoms with Crippen LogP contribution in [0.5, 0.6) is 0 Å². The number of halogens is 1. The Morgan fingerprint density at radius 1 is 1.22 bits per heavy atom. The number of benzene rings is 1. The lowest BCUT2D eigenvalue weighted by Crippen LogP contribution is -2.17. The average molecular weight is 282 g/mol. The molecule has 94 valence electrons. The van der Waals surface area contributed by atoms with Crippen molar-refractivity contribution in [1.29, 1.82) is 0 Å². The Bertz CT molecular complexity index is 496. The van der Waals surface area contributed by atoms with Gasteiger partial charge in [0.25, 0.3) is 11.1 Å². The number of aryl methyl sites for hydroxylation is 1. The molecule has 1 N–H and O–H groups in total. The van der Waals surface area contributed by atoms with Crippen molar-refractivity contribution in [2.45, 2.75) is 19.3 Å². The number of carbonyl (C=O) groups excluding carboxylic acids is 2. The summed E-state index contributed by atoms with van der Waals surface area (Å²) in [6, 6.07) is 7.73. The molecular formula is C13H12ClNO2S. The van der Waals surface area contributed by atoms with E-state index in [1.807, 2.05) is 30.3 Å². The molecule has 0 unspecified atom stereocenters. The molecule has 0 aliphatic carbocycles. The summed E-state index contributed by atoms with van der Waals surface area (Å²) in [5.41, 5.74) is 1.22. The number of carbonyl (C=O) groups is 2. The third-order valence-electron chi connectivity index (χ3n) is 2.55. The molecular weight excluding hydrogens is 270 g/mol. The van der Waals surface area contributed by atoms with Crippen molar-refractivity contribution >= 4 is 34.5 Å². The molecule has 0 atom stereocenters. The van der Waals surface area contributed by atoms with Gasteiger partial charge in [0.05, 0.1) is 4.91 Å². The molecule has 5 heteroatoms. The quantitative estimate of drug-likeness (QED) is 0.678. The van der Waals surface area contributed by atoms with Gasteiger partial charge >= 0.3 is 0 Å². The molecule has 1 heterocycles. The van der Waals surface area contributed by atoms with E-state index in [9.17, 15) is 9.59 Å². The standard InChI is InChI=1S/C13H12ClNO2S/c14-10-7-5-9(6-8-10)3-1-2-4-11-12(16)15-13(17)18-11/h4-8H,1-3H2,(H,15,16,17). The number of rotatable bonds is 4. The first-order valence-corrected chi connectivity index (χ1v) is 6.82. The number of imide groups is 1. The zero-order valence-electron chi connectivity index (χ0n) is 9.61. The molecule has 0 bridgehead atoms. The lowest BCUT2D eigenvalue weighted by atomic mass is 10.1. The van der Waals surface area contributed by atoms with Crippen molar-refractivity contribution in [2.24, 2.45) is 0 Å². The third kappa shape index (κ3) is 3.62. The first kappa shape index (κ1) is 13.2. The molecule has 1 aliphatic rings. The second kappa shape index (κ2) is 6.07. The van der Waals surface area contributed by atoms with Crippen LogP contribution < -0.4 is 5.32 Å². The zero-order chi connectivity index (χ0) is 13.0. The summed E-state index contributed by atoms with van der Waals surface area (Å²) >= 11 is 6.77. The van der Waals surface area contributed by atoms with Crippen molar-refractivity contribution in [3.63, 3.8) is 0 Å². The number of thioether (sulfide) groups is 1. The number of allylic oxidation sites excluding steroid dienone is 1. The average Bonchev–Trinajstić information content (AvgIpc) is 2.66. The summed E-state index contributed by atoms with van der Waals surface area (Å²) in [6.45, 7) is 0. The molecule has 1 fully saturated rings. The van der Waals surface area contributed by atoms with Crippen molar-refractivity contribution in [2.75, 3.05) is 0 Å². The van der Waals surface area contributed by atoms with E-state index in [2.05, 4.69) is 5.32 Å². The van der Waals surface area contributed by atoms with Crippen LogP contribution in [0.2, 0.25) is 5.02 Å². The topological polar surface area (TPSA) is 46.2 Å². The van der Waals surface area contributed by atoms with Gasteiger partial charge in [-0.3, -0.25) is 14.9 Å². The fourth-order valence-corrected chi connectivity index (χ4v) is 2.47.